The number of phenolic OH excluding ortho intramolecular Hbond substituents is 1. The van der Waals surface area contributed by atoms with E-state index in [1.54, 1.807) is 30.3 Å². The molecule has 8 N–H and O–H groups in total. The molecule has 0 fully saturated rings. The van der Waals surface area contributed by atoms with E-state index in [0.29, 0.717) is 14.5 Å². The highest BCUT2D eigenvalue weighted by molar-refractivity contribution is 9.11. The maximum atomic E-state index is 13.0. The average Bonchev–Trinajstić information content (AvgIpc) is 2.92. The molecule has 0 unspecified atom stereocenters. The molecule has 0 saturated carbocycles. The summed E-state index contributed by atoms with van der Waals surface area (Å²) in [5.41, 5.74) is 7.43. The van der Waals surface area contributed by atoms with Gasteiger partial charge in [0.25, 0.3) is 0 Å². The number of nitrogens with one attached hydrogen (secondary N) is 4. The van der Waals surface area contributed by atoms with Gasteiger partial charge in [-0.25, -0.2) is 4.79 Å². The van der Waals surface area contributed by atoms with E-state index in [9.17, 15) is 34.2 Å². The molecule has 0 aromatic heterocycles. The van der Waals surface area contributed by atoms with Crippen molar-refractivity contribution in [2.45, 2.75) is 64.2 Å². The molecule has 0 bridgehead atoms. The molecule has 2 aromatic rings. The zero-order chi connectivity index (χ0) is 32.3. The van der Waals surface area contributed by atoms with Gasteiger partial charge in [-0.1, -0.05) is 76.0 Å². The molecule has 0 radical (unpaired) electrons. The summed E-state index contributed by atoms with van der Waals surface area (Å²) in [6.07, 6.45) is 0.409. The number of rotatable bonds is 15. The fourth-order valence-corrected chi connectivity index (χ4v) is 5.56. The first-order valence-corrected chi connectivity index (χ1v) is 15.1. The zero-order valence-electron chi connectivity index (χ0n) is 24.0. The molecule has 4 amide bonds. The lowest BCUT2D eigenvalue weighted by Crippen LogP contribution is -2.55. The molecule has 12 nitrogen and oxygen atoms in total. The van der Waals surface area contributed by atoms with E-state index in [2.05, 4.69) is 53.1 Å². The van der Waals surface area contributed by atoms with Gasteiger partial charge in [0.2, 0.25) is 23.6 Å². The number of phenols is 1. The number of carbonyl (C=O) groups is 5. The van der Waals surface area contributed by atoms with Gasteiger partial charge in [-0.15, -0.1) is 0 Å². The molecule has 0 aliphatic carbocycles. The van der Waals surface area contributed by atoms with Gasteiger partial charge in [0.15, 0.2) is 0 Å². The molecule has 0 aliphatic heterocycles. The maximum Gasteiger partial charge on any atom is 0.326 e. The van der Waals surface area contributed by atoms with Crippen molar-refractivity contribution in [3.8, 4) is 5.75 Å². The Labute approximate surface area is 266 Å². The van der Waals surface area contributed by atoms with Crippen molar-refractivity contribution < 1.29 is 34.2 Å². The van der Waals surface area contributed by atoms with Gasteiger partial charge in [-0.3, -0.25) is 19.2 Å². The number of hydrogen-bond acceptors (Lipinski definition) is 7. The predicted molar refractivity (Wildman–Crippen MR) is 167 cm³/mol. The van der Waals surface area contributed by atoms with Crippen LogP contribution in [-0.4, -0.2) is 70.5 Å². The van der Waals surface area contributed by atoms with E-state index in [4.69, 9.17) is 5.73 Å². The Balaban J connectivity index is 1.97. The topological polar surface area (TPSA) is 200 Å². The molecule has 234 valence electrons. The third kappa shape index (κ3) is 12.0. The third-order valence-electron chi connectivity index (χ3n) is 6.32. The highest BCUT2D eigenvalue weighted by Crippen LogP contribution is 2.31. The first kappa shape index (κ1) is 35.7. The second kappa shape index (κ2) is 17.0. The van der Waals surface area contributed by atoms with Crippen LogP contribution < -0.4 is 27.0 Å². The summed E-state index contributed by atoms with van der Waals surface area (Å²) in [7, 11) is 0. The van der Waals surface area contributed by atoms with Crippen molar-refractivity contribution in [2.24, 2.45) is 11.7 Å². The lowest BCUT2D eigenvalue weighted by atomic mass is 10.0. The smallest absolute Gasteiger partial charge is 0.326 e. The number of carboxylic acids is 1. The summed E-state index contributed by atoms with van der Waals surface area (Å²) >= 11 is 6.65. The van der Waals surface area contributed by atoms with Crippen LogP contribution in [0.3, 0.4) is 0 Å². The van der Waals surface area contributed by atoms with Crippen LogP contribution in [0.1, 0.15) is 38.3 Å². The fourth-order valence-electron chi connectivity index (χ4n) is 4.07. The standard InChI is InChI=1S/C29H37Br2N5O7/c1-15(2)9-24(29(42)43)36-28(41)23(10-17-7-5-4-6-8-17)35-25(38)14-33-26(39)16(3)34-27(40)22(32)13-19-20(30)11-18(37)12-21(19)31/h4-8,11-12,15-16,22-24,37H,9-10,13-14,32H2,1-3H3,(H,33,39)(H,34,40)(H,35,38)(H,36,41)(H,42,43)/t16-,22-,23+,24-/m1/s1. The van der Waals surface area contributed by atoms with Crippen molar-refractivity contribution in [3.63, 3.8) is 0 Å². The van der Waals surface area contributed by atoms with E-state index < -0.39 is 60.3 Å². The maximum absolute atomic E-state index is 13.0. The second-order valence-corrected chi connectivity index (χ2v) is 12.2. The summed E-state index contributed by atoms with van der Waals surface area (Å²) in [5.74, 6) is -3.76. The Kier molecular flexibility index (Phi) is 14.1. The van der Waals surface area contributed by atoms with Crippen molar-refractivity contribution in [2.75, 3.05) is 6.54 Å². The number of aliphatic carboxylic acids is 1. The van der Waals surface area contributed by atoms with Crippen LogP contribution in [0.4, 0.5) is 0 Å². The molecule has 14 heteroatoms. The summed E-state index contributed by atoms with van der Waals surface area (Å²) in [4.78, 5) is 62.7. The Bertz CT molecular complexity index is 1290. The summed E-state index contributed by atoms with van der Waals surface area (Å²) < 4.78 is 1.11. The minimum absolute atomic E-state index is 0.00682. The Morgan fingerprint density at radius 2 is 1.44 bits per heavy atom. The van der Waals surface area contributed by atoms with Crippen molar-refractivity contribution in [1.82, 2.24) is 21.3 Å². The molecule has 0 aliphatic rings. The number of benzene rings is 2. The van der Waals surface area contributed by atoms with E-state index in [1.165, 1.54) is 19.1 Å². The SMILES string of the molecule is CC(C)C[C@@H](NC(=O)[C@H](Cc1ccccc1)NC(=O)CNC(=O)[C@@H](C)NC(=O)[C@H](N)Cc1c(Br)cc(O)cc1Br)C(=O)O. The molecule has 4 atom stereocenters. The van der Waals surface area contributed by atoms with Crippen LogP contribution in [0.25, 0.3) is 0 Å². The molecule has 43 heavy (non-hydrogen) atoms. The van der Waals surface area contributed by atoms with E-state index in [-0.39, 0.29) is 30.9 Å². The first-order valence-electron chi connectivity index (χ1n) is 13.5. The molecule has 0 saturated heterocycles. The normalized spacial score (nSPS) is 13.7. The van der Waals surface area contributed by atoms with Gasteiger partial charge >= 0.3 is 5.97 Å². The highest BCUT2D eigenvalue weighted by atomic mass is 79.9. The average molecular weight is 727 g/mol. The lowest BCUT2D eigenvalue weighted by molar-refractivity contribution is -0.142. The zero-order valence-corrected chi connectivity index (χ0v) is 27.2. The molecular formula is C29H37Br2N5O7. The van der Waals surface area contributed by atoms with Gasteiger partial charge in [-0.2, -0.15) is 0 Å². The molecule has 2 aromatic carbocycles. The van der Waals surface area contributed by atoms with Crippen molar-refractivity contribution in [3.05, 3.63) is 62.5 Å². The quantitative estimate of drug-likeness (QED) is 0.144. The molecule has 2 rings (SSSR count). The van der Waals surface area contributed by atoms with Crippen LogP contribution in [0.2, 0.25) is 0 Å². The molecule has 0 heterocycles. The Morgan fingerprint density at radius 3 is 2.00 bits per heavy atom. The minimum atomic E-state index is -1.18. The summed E-state index contributed by atoms with van der Waals surface area (Å²) in [6, 6.07) is 7.54. The van der Waals surface area contributed by atoms with Crippen molar-refractivity contribution >= 4 is 61.5 Å². The number of carboxylic acid groups (broad SMARTS) is 1. The minimum Gasteiger partial charge on any atom is -0.508 e. The van der Waals surface area contributed by atoms with Gasteiger partial charge in [0.05, 0.1) is 12.6 Å². The monoisotopic (exact) mass is 725 g/mol. The Hall–Kier alpha value is -3.49. The van der Waals surface area contributed by atoms with Gasteiger partial charge < -0.3 is 37.2 Å². The van der Waals surface area contributed by atoms with Crippen molar-refractivity contribution in [1.29, 1.82) is 0 Å². The molecular weight excluding hydrogens is 690 g/mol. The number of amides is 4. The van der Waals surface area contributed by atoms with Crippen LogP contribution in [0, 0.1) is 5.92 Å². The van der Waals surface area contributed by atoms with E-state index in [1.807, 2.05) is 13.8 Å². The van der Waals surface area contributed by atoms with Gasteiger partial charge in [0, 0.05) is 15.4 Å². The summed E-state index contributed by atoms with van der Waals surface area (Å²) in [5, 5.41) is 29.2. The number of nitrogens with two attached hydrogens (primary N) is 1. The number of aromatic hydroxyl groups is 1. The number of hydrogen-bond donors (Lipinski definition) is 7. The second-order valence-electron chi connectivity index (χ2n) is 10.5. The number of halogens is 2. The fraction of sp³-hybridized carbons (Fsp3) is 0.414. The van der Waals surface area contributed by atoms with Crippen LogP contribution in [0.15, 0.2) is 51.4 Å². The van der Waals surface area contributed by atoms with E-state index >= 15 is 0 Å². The summed E-state index contributed by atoms with van der Waals surface area (Å²) in [6.45, 7) is 4.60. The van der Waals surface area contributed by atoms with Gasteiger partial charge in [-0.05, 0) is 48.9 Å². The largest absolute Gasteiger partial charge is 0.508 e. The lowest BCUT2D eigenvalue weighted by Gasteiger charge is -2.23. The highest BCUT2D eigenvalue weighted by Gasteiger charge is 2.28. The number of carbonyl (C=O) groups excluding carboxylic acids is 4. The van der Waals surface area contributed by atoms with Crippen LogP contribution >= 0.6 is 31.9 Å². The molecule has 0 spiro atoms. The predicted octanol–water partition coefficient (Wildman–Crippen LogP) is 1.75. The van der Waals surface area contributed by atoms with Gasteiger partial charge in [0.1, 0.15) is 23.9 Å². The van der Waals surface area contributed by atoms with E-state index in [0.717, 1.165) is 5.56 Å². The van der Waals surface area contributed by atoms with Crippen LogP contribution in [-0.2, 0) is 36.8 Å². The first-order chi connectivity index (χ1) is 20.2. The third-order valence-corrected chi connectivity index (χ3v) is 7.73. The van der Waals surface area contributed by atoms with Crippen LogP contribution in [0.5, 0.6) is 5.75 Å². The Morgan fingerprint density at radius 1 is 0.837 bits per heavy atom.